The average molecular weight is 295 g/mol. The molecule has 0 saturated carbocycles. The molecule has 2 rings (SSSR count). The summed E-state index contributed by atoms with van der Waals surface area (Å²) in [5.41, 5.74) is 2.52. The normalized spacial score (nSPS) is 10.4. The van der Waals surface area contributed by atoms with E-state index in [0.717, 1.165) is 11.1 Å². The van der Waals surface area contributed by atoms with Crippen LogP contribution in [0.1, 0.15) is 16.8 Å². The van der Waals surface area contributed by atoms with Crippen LogP contribution in [0, 0.1) is 20.8 Å². The van der Waals surface area contributed by atoms with Crippen LogP contribution in [0.15, 0.2) is 22.7 Å². The summed E-state index contributed by atoms with van der Waals surface area (Å²) in [4.78, 5) is 11.7. The van der Waals surface area contributed by atoms with Gasteiger partial charge in [0.2, 0.25) is 5.88 Å². The second kappa shape index (κ2) is 5.96. The molecule has 1 N–H and O–H groups in total. The lowest BCUT2D eigenvalue weighted by Crippen LogP contribution is -2.19. The van der Waals surface area contributed by atoms with Crippen molar-refractivity contribution in [2.24, 2.45) is 0 Å². The first-order valence-corrected chi connectivity index (χ1v) is 6.46. The molecular weight excluding hydrogens is 280 g/mol. The number of ether oxygens (including phenoxy) is 1. The summed E-state index contributed by atoms with van der Waals surface area (Å²) < 4.78 is 10.3. The van der Waals surface area contributed by atoms with Crippen molar-refractivity contribution in [2.45, 2.75) is 20.8 Å². The highest BCUT2D eigenvalue weighted by Crippen LogP contribution is 2.25. The summed E-state index contributed by atoms with van der Waals surface area (Å²) >= 11 is 6.07. The summed E-state index contributed by atoms with van der Waals surface area (Å²) in [7, 11) is 0. The van der Waals surface area contributed by atoms with E-state index >= 15 is 0 Å². The zero-order valence-corrected chi connectivity index (χ0v) is 12.2. The minimum absolute atomic E-state index is 0.111. The first kappa shape index (κ1) is 14.4. The number of carbonyl (C=O) groups excluding carboxylic acids is 1. The van der Waals surface area contributed by atoms with Gasteiger partial charge in [-0.25, -0.2) is 0 Å². The molecule has 0 bridgehead atoms. The average Bonchev–Trinajstić information content (AvgIpc) is 2.78. The van der Waals surface area contributed by atoms with Gasteiger partial charge in [-0.05, 0) is 44.0 Å². The van der Waals surface area contributed by atoms with Gasteiger partial charge in [0, 0.05) is 11.1 Å². The Hall–Kier alpha value is -2.01. The number of hydrogen-bond acceptors (Lipinski definition) is 4. The Kier molecular flexibility index (Phi) is 4.29. The Morgan fingerprint density at radius 2 is 1.95 bits per heavy atom. The van der Waals surface area contributed by atoms with Gasteiger partial charge in [-0.3, -0.25) is 10.1 Å². The molecule has 1 amide bonds. The zero-order chi connectivity index (χ0) is 14.7. The van der Waals surface area contributed by atoms with Gasteiger partial charge in [-0.15, -0.1) is 0 Å². The third-order valence-corrected chi connectivity index (χ3v) is 3.27. The highest BCUT2D eigenvalue weighted by Gasteiger charge is 2.09. The van der Waals surface area contributed by atoms with Gasteiger partial charge in [-0.1, -0.05) is 16.8 Å². The standard InChI is InChI=1S/C14H15ClN2O3/c1-8-4-11(5-9(2)14(8)15)19-7-12(18)16-13-6-10(3)17-20-13/h4-6H,7H2,1-3H3,(H,16,18). The fourth-order valence-corrected chi connectivity index (χ4v) is 1.84. The van der Waals surface area contributed by atoms with Crippen LogP contribution < -0.4 is 10.1 Å². The molecule has 0 spiro atoms. The largest absolute Gasteiger partial charge is 0.484 e. The van der Waals surface area contributed by atoms with E-state index in [1.165, 1.54) is 0 Å². The van der Waals surface area contributed by atoms with E-state index in [2.05, 4.69) is 10.5 Å². The van der Waals surface area contributed by atoms with Gasteiger partial charge in [0.05, 0.1) is 5.69 Å². The zero-order valence-electron chi connectivity index (χ0n) is 11.5. The van der Waals surface area contributed by atoms with Crippen LogP contribution in [0.2, 0.25) is 5.02 Å². The Balaban J connectivity index is 1.93. The number of amides is 1. The molecule has 0 fully saturated rings. The smallest absolute Gasteiger partial charge is 0.264 e. The molecule has 0 aliphatic heterocycles. The van der Waals surface area contributed by atoms with Gasteiger partial charge < -0.3 is 9.26 Å². The molecule has 0 radical (unpaired) electrons. The molecular formula is C14H15ClN2O3. The van der Waals surface area contributed by atoms with E-state index in [1.807, 2.05) is 13.8 Å². The maximum absolute atomic E-state index is 11.7. The first-order chi connectivity index (χ1) is 9.45. The molecule has 0 unspecified atom stereocenters. The Morgan fingerprint density at radius 1 is 1.30 bits per heavy atom. The van der Waals surface area contributed by atoms with E-state index in [1.54, 1.807) is 25.1 Å². The van der Waals surface area contributed by atoms with Gasteiger partial charge in [-0.2, -0.15) is 0 Å². The molecule has 0 aliphatic rings. The molecule has 20 heavy (non-hydrogen) atoms. The topological polar surface area (TPSA) is 64.4 Å². The second-order valence-corrected chi connectivity index (χ2v) is 4.92. The fourth-order valence-electron chi connectivity index (χ4n) is 1.73. The fraction of sp³-hybridized carbons (Fsp3) is 0.286. The van der Waals surface area contributed by atoms with Gasteiger partial charge in [0.25, 0.3) is 5.91 Å². The van der Waals surface area contributed by atoms with Gasteiger partial charge >= 0.3 is 0 Å². The first-order valence-electron chi connectivity index (χ1n) is 6.08. The van der Waals surface area contributed by atoms with Crippen molar-refractivity contribution in [1.82, 2.24) is 5.16 Å². The summed E-state index contributed by atoms with van der Waals surface area (Å²) in [5.74, 6) is 0.597. The Morgan fingerprint density at radius 3 is 2.50 bits per heavy atom. The number of nitrogens with one attached hydrogen (secondary N) is 1. The monoisotopic (exact) mass is 294 g/mol. The number of halogens is 1. The number of aryl methyl sites for hydroxylation is 3. The van der Waals surface area contributed by atoms with Gasteiger partial charge in [0.1, 0.15) is 5.75 Å². The van der Waals surface area contributed by atoms with Crippen LogP contribution in [-0.2, 0) is 4.79 Å². The SMILES string of the molecule is Cc1cc(NC(=O)COc2cc(C)c(Cl)c(C)c2)on1. The highest BCUT2D eigenvalue weighted by molar-refractivity contribution is 6.32. The lowest BCUT2D eigenvalue weighted by Gasteiger charge is -2.09. The van der Waals surface area contributed by atoms with Crippen molar-refractivity contribution in [3.63, 3.8) is 0 Å². The maximum atomic E-state index is 11.7. The van der Waals surface area contributed by atoms with Crippen molar-refractivity contribution >= 4 is 23.4 Å². The van der Waals surface area contributed by atoms with Crippen molar-refractivity contribution in [3.05, 3.63) is 40.0 Å². The number of carbonyl (C=O) groups is 1. The molecule has 1 aromatic carbocycles. The van der Waals surface area contributed by atoms with Crippen LogP contribution in [0.5, 0.6) is 5.75 Å². The predicted octanol–water partition coefficient (Wildman–Crippen LogP) is 3.27. The number of nitrogens with zero attached hydrogens (tertiary/aromatic N) is 1. The lowest BCUT2D eigenvalue weighted by molar-refractivity contribution is -0.118. The minimum Gasteiger partial charge on any atom is -0.484 e. The van der Waals surface area contributed by atoms with E-state index < -0.39 is 0 Å². The van der Waals surface area contributed by atoms with Crippen LogP contribution in [0.25, 0.3) is 0 Å². The quantitative estimate of drug-likeness (QED) is 0.940. The molecule has 0 saturated heterocycles. The summed E-state index contributed by atoms with van der Waals surface area (Å²) in [6.45, 7) is 5.44. The molecule has 106 valence electrons. The van der Waals surface area contributed by atoms with Gasteiger partial charge in [0.15, 0.2) is 6.61 Å². The van der Waals surface area contributed by atoms with Crippen molar-refractivity contribution < 1.29 is 14.1 Å². The number of aromatic nitrogens is 1. The van der Waals surface area contributed by atoms with Crippen molar-refractivity contribution in [1.29, 1.82) is 0 Å². The number of benzene rings is 1. The van der Waals surface area contributed by atoms with Crippen LogP contribution >= 0.6 is 11.6 Å². The van der Waals surface area contributed by atoms with E-state index in [0.29, 0.717) is 22.4 Å². The van der Waals surface area contributed by atoms with Crippen LogP contribution in [0.3, 0.4) is 0 Å². The Bertz CT molecular complexity index is 614. The highest BCUT2D eigenvalue weighted by atomic mass is 35.5. The number of anilines is 1. The van der Waals surface area contributed by atoms with Crippen LogP contribution in [0.4, 0.5) is 5.88 Å². The Labute approximate surface area is 121 Å². The van der Waals surface area contributed by atoms with E-state index in [4.69, 9.17) is 20.9 Å². The summed E-state index contributed by atoms with van der Waals surface area (Å²) in [6.07, 6.45) is 0. The predicted molar refractivity (Wildman–Crippen MR) is 76.3 cm³/mol. The lowest BCUT2D eigenvalue weighted by atomic mass is 10.1. The molecule has 6 heteroatoms. The maximum Gasteiger partial charge on any atom is 0.264 e. The van der Waals surface area contributed by atoms with Crippen LogP contribution in [-0.4, -0.2) is 17.7 Å². The van der Waals surface area contributed by atoms with Crippen molar-refractivity contribution in [3.8, 4) is 5.75 Å². The molecule has 2 aromatic rings. The van der Waals surface area contributed by atoms with E-state index in [9.17, 15) is 4.79 Å². The second-order valence-electron chi connectivity index (χ2n) is 4.54. The van der Waals surface area contributed by atoms with Crippen molar-refractivity contribution in [2.75, 3.05) is 11.9 Å². The molecule has 5 nitrogen and oxygen atoms in total. The van der Waals surface area contributed by atoms with E-state index in [-0.39, 0.29) is 12.5 Å². The summed E-state index contributed by atoms with van der Waals surface area (Å²) in [5, 5.41) is 6.94. The third kappa shape index (κ3) is 3.51. The molecule has 1 heterocycles. The molecule has 1 aromatic heterocycles. The number of rotatable bonds is 4. The molecule has 0 aliphatic carbocycles. The third-order valence-electron chi connectivity index (χ3n) is 2.67. The minimum atomic E-state index is -0.314. The molecule has 0 atom stereocenters. The number of hydrogen-bond donors (Lipinski definition) is 1. The summed E-state index contributed by atoms with van der Waals surface area (Å²) in [6, 6.07) is 5.22.